The highest BCUT2D eigenvalue weighted by Gasteiger charge is 2.38. The summed E-state index contributed by atoms with van der Waals surface area (Å²) in [6.07, 6.45) is 8.35. The lowest BCUT2D eigenvalue weighted by Gasteiger charge is -2.21. The Hall–Kier alpha value is -0.560. The average Bonchev–Trinajstić information content (AvgIpc) is 2.62. The second-order valence-corrected chi connectivity index (χ2v) is 3.67. The highest BCUT2D eigenvalue weighted by molar-refractivity contribution is 5.12. The fourth-order valence-corrected chi connectivity index (χ4v) is 2.39. The van der Waals surface area contributed by atoms with Crippen LogP contribution in [0.1, 0.15) is 12.8 Å². The number of allylic oxidation sites excluding steroid dienone is 2. The summed E-state index contributed by atoms with van der Waals surface area (Å²) in [5.74, 6) is 1.84. The van der Waals surface area contributed by atoms with Gasteiger partial charge in [0, 0.05) is 0 Å². The lowest BCUT2D eigenvalue weighted by atomic mass is 9.88. The smallest absolute Gasteiger partial charge is 0.0752 e. The molecular weight excluding hydrogens is 136 g/mol. The van der Waals surface area contributed by atoms with Crippen LogP contribution in [0.2, 0.25) is 0 Å². The molecule has 0 aromatic carbocycles. The Morgan fingerprint density at radius 3 is 2.73 bits per heavy atom. The van der Waals surface area contributed by atoms with Crippen LogP contribution in [0.5, 0.6) is 0 Å². The third-order valence-corrected chi connectivity index (χ3v) is 3.01. The summed E-state index contributed by atoms with van der Waals surface area (Å²) in [5, 5.41) is 9.53. The molecule has 0 radical (unpaired) electrons. The average molecular weight is 150 g/mol. The first-order chi connectivity index (χ1) is 5.31. The summed E-state index contributed by atoms with van der Waals surface area (Å²) < 4.78 is 0. The summed E-state index contributed by atoms with van der Waals surface area (Å²) in [6.45, 7) is 3.61. The molecule has 1 nitrogen and oxygen atoms in total. The summed E-state index contributed by atoms with van der Waals surface area (Å²) in [5.41, 5.74) is 0. The van der Waals surface area contributed by atoms with Crippen molar-refractivity contribution >= 4 is 0 Å². The summed E-state index contributed by atoms with van der Waals surface area (Å²) in [4.78, 5) is 0. The Balaban J connectivity index is 2.08. The van der Waals surface area contributed by atoms with Gasteiger partial charge >= 0.3 is 0 Å². The molecule has 4 atom stereocenters. The van der Waals surface area contributed by atoms with E-state index >= 15 is 0 Å². The van der Waals surface area contributed by atoms with E-state index in [1.165, 1.54) is 6.42 Å². The fourth-order valence-electron chi connectivity index (χ4n) is 2.39. The minimum Gasteiger partial charge on any atom is -0.389 e. The molecule has 0 spiro atoms. The Bertz CT molecular complexity index is 195. The van der Waals surface area contributed by atoms with Gasteiger partial charge in [-0.1, -0.05) is 18.2 Å². The quantitative estimate of drug-likeness (QED) is 0.594. The Morgan fingerprint density at radius 2 is 2.27 bits per heavy atom. The Morgan fingerprint density at radius 1 is 1.45 bits per heavy atom. The van der Waals surface area contributed by atoms with Crippen molar-refractivity contribution in [2.75, 3.05) is 0 Å². The maximum absolute atomic E-state index is 9.53. The predicted molar refractivity (Wildman–Crippen MR) is 45.0 cm³/mol. The van der Waals surface area contributed by atoms with Crippen LogP contribution in [0.25, 0.3) is 0 Å². The molecule has 1 N–H and O–H groups in total. The lowest BCUT2D eigenvalue weighted by molar-refractivity contribution is 0.136. The van der Waals surface area contributed by atoms with Gasteiger partial charge in [0.2, 0.25) is 0 Å². The van der Waals surface area contributed by atoms with Gasteiger partial charge in [0.05, 0.1) is 6.10 Å². The Labute approximate surface area is 67.4 Å². The molecule has 2 bridgehead atoms. The van der Waals surface area contributed by atoms with E-state index in [2.05, 4.69) is 18.7 Å². The zero-order valence-electron chi connectivity index (χ0n) is 6.61. The van der Waals surface area contributed by atoms with E-state index in [9.17, 15) is 5.11 Å². The van der Waals surface area contributed by atoms with Gasteiger partial charge in [-0.2, -0.15) is 0 Å². The molecule has 0 aliphatic heterocycles. The maximum Gasteiger partial charge on any atom is 0.0752 e. The van der Waals surface area contributed by atoms with Gasteiger partial charge in [0.25, 0.3) is 0 Å². The van der Waals surface area contributed by atoms with E-state index in [1.807, 2.05) is 0 Å². The van der Waals surface area contributed by atoms with Gasteiger partial charge in [-0.05, 0) is 30.6 Å². The van der Waals surface area contributed by atoms with Gasteiger partial charge in [0.15, 0.2) is 0 Å². The zero-order chi connectivity index (χ0) is 7.84. The Kier molecular flexibility index (Phi) is 1.61. The van der Waals surface area contributed by atoms with Crippen LogP contribution in [0, 0.1) is 17.8 Å². The van der Waals surface area contributed by atoms with Crippen molar-refractivity contribution < 1.29 is 5.11 Å². The number of hydrogen-bond acceptors (Lipinski definition) is 1. The summed E-state index contributed by atoms with van der Waals surface area (Å²) >= 11 is 0. The van der Waals surface area contributed by atoms with Gasteiger partial charge in [-0.3, -0.25) is 0 Å². The van der Waals surface area contributed by atoms with Crippen molar-refractivity contribution in [2.24, 2.45) is 17.8 Å². The molecule has 2 aliphatic carbocycles. The van der Waals surface area contributed by atoms with Crippen LogP contribution in [-0.2, 0) is 0 Å². The molecule has 2 rings (SSSR count). The van der Waals surface area contributed by atoms with Gasteiger partial charge in [-0.15, -0.1) is 6.58 Å². The second-order valence-electron chi connectivity index (χ2n) is 3.67. The number of aliphatic hydroxyl groups is 1. The van der Waals surface area contributed by atoms with Crippen LogP contribution < -0.4 is 0 Å². The van der Waals surface area contributed by atoms with Crippen LogP contribution in [0.15, 0.2) is 24.8 Å². The van der Waals surface area contributed by atoms with Gasteiger partial charge in [0.1, 0.15) is 0 Å². The summed E-state index contributed by atoms with van der Waals surface area (Å²) in [6, 6.07) is 0. The topological polar surface area (TPSA) is 20.2 Å². The van der Waals surface area contributed by atoms with Crippen molar-refractivity contribution in [1.82, 2.24) is 0 Å². The van der Waals surface area contributed by atoms with Gasteiger partial charge < -0.3 is 5.11 Å². The van der Waals surface area contributed by atoms with Crippen LogP contribution in [-0.4, -0.2) is 11.2 Å². The van der Waals surface area contributed by atoms with Crippen LogP contribution in [0.3, 0.4) is 0 Å². The maximum atomic E-state index is 9.53. The molecular formula is C10H14O. The first-order valence-electron chi connectivity index (χ1n) is 4.30. The van der Waals surface area contributed by atoms with E-state index in [4.69, 9.17) is 0 Å². The minimum absolute atomic E-state index is 0.282. The molecule has 11 heavy (non-hydrogen) atoms. The van der Waals surface area contributed by atoms with E-state index in [0.717, 1.165) is 12.3 Å². The standard InChI is InChI=1S/C10H14O/c1-2-10(11)9-6-7-3-4-8(9)5-7/h2-4,7-11H,1,5-6H2/t7-,8+,9-,10?/m0/s1. The molecule has 0 saturated heterocycles. The minimum atomic E-state index is -0.282. The van der Waals surface area contributed by atoms with Crippen molar-refractivity contribution in [3.63, 3.8) is 0 Å². The third-order valence-electron chi connectivity index (χ3n) is 3.01. The molecule has 0 amide bonds. The first-order valence-corrected chi connectivity index (χ1v) is 4.30. The number of aliphatic hydroxyl groups excluding tert-OH is 1. The summed E-state index contributed by atoms with van der Waals surface area (Å²) in [7, 11) is 0. The van der Waals surface area contributed by atoms with E-state index in [-0.39, 0.29) is 6.10 Å². The molecule has 1 heteroatoms. The second kappa shape index (κ2) is 2.49. The number of rotatable bonds is 2. The monoisotopic (exact) mass is 150 g/mol. The van der Waals surface area contributed by atoms with Gasteiger partial charge in [-0.25, -0.2) is 0 Å². The van der Waals surface area contributed by atoms with Crippen molar-refractivity contribution in [2.45, 2.75) is 18.9 Å². The fraction of sp³-hybridized carbons (Fsp3) is 0.600. The molecule has 60 valence electrons. The number of hydrogen-bond donors (Lipinski definition) is 1. The van der Waals surface area contributed by atoms with E-state index < -0.39 is 0 Å². The lowest BCUT2D eigenvalue weighted by Crippen LogP contribution is -2.21. The highest BCUT2D eigenvalue weighted by Crippen LogP contribution is 2.44. The third kappa shape index (κ3) is 1.04. The largest absolute Gasteiger partial charge is 0.389 e. The highest BCUT2D eigenvalue weighted by atomic mass is 16.3. The molecule has 2 aliphatic rings. The van der Waals surface area contributed by atoms with Crippen LogP contribution in [0.4, 0.5) is 0 Å². The van der Waals surface area contributed by atoms with Crippen molar-refractivity contribution in [3.8, 4) is 0 Å². The normalized spacial score (nSPS) is 42.8. The molecule has 1 fully saturated rings. The molecule has 0 aromatic rings. The zero-order valence-corrected chi connectivity index (χ0v) is 6.61. The number of fused-ring (bicyclic) bond motifs is 2. The van der Waals surface area contributed by atoms with Crippen molar-refractivity contribution in [3.05, 3.63) is 24.8 Å². The SMILES string of the molecule is C=CC(O)[C@H]1C[C@H]2C=C[C@@H]1C2. The molecule has 1 unspecified atom stereocenters. The van der Waals surface area contributed by atoms with Crippen LogP contribution >= 0.6 is 0 Å². The predicted octanol–water partition coefficient (Wildman–Crippen LogP) is 1.75. The first kappa shape index (κ1) is 7.11. The molecule has 0 aromatic heterocycles. The molecule has 0 heterocycles. The van der Waals surface area contributed by atoms with Crippen molar-refractivity contribution in [1.29, 1.82) is 0 Å². The van der Waals surface area contributed by atoms with E-state index in [1.54, 1.807) is 6.08 Å². The van der Waals surface area contributed by atoms with E-state index in [0.29, 0.717) is 11.8 Å². The molecule has 1 saturated carbocycles.